The average molecular weight is 322 g/mol. The SMILES string of the molecule is Cc1ccc(NC(=O)C2CCC(=O)N2Cc2ccccc2)c(C)c1. The minimum absolute atomic E-state index is 0.0413. The minimum atomic E-state index is -0.404. The Morgan fingerprint density at radius 2 is 1.92 bits per heavy atom. The highest BCUT2D eigenvalue weighted by atomic mass is 16.2. The van der Waals surface area contributed by atoms with Gasteiger partial charge in [0.2, 0.25) is 11.8 Å². The average Bonchev–Trinajstić information content (AvgIpc) is 2.92. The van der Waals surface area contributed by atoms with E-state index in [1.165, 1.54) is 0 Å². The first-order valence-corrected chi connectivity index (χ1v) is 8.26. The Morgan fingerprint density at radius 3 is 2.62 bits per heavy atom. The van der Waals surface area contributed by atoms with Gasteiger partial charge in [-0.25, -0.2) is 0 Å². The lowest BCUT2D eigenvalue weighted by Gasteiger charge is -2.24. The zero-order valence-electron chi connectivity index (χ0n) is 14.1. The number of likely N-dealkylation sites (tertiary alicyclic amines) is 1. The molecule has 1 heterocycles. The number of hydrogen-bond acceptors (Lipinski definition) is 2. The van der Waals surface area contributed by atoms with Crippen LogP contribution in [0.3, 0.4) is 0 Å². The number of rotatable bonds is 4. The van der Waals surface area contributed by atoms with Crippen LogP contribution in [0.5, 0.6) is 0 Å². The second-order valence-electron chi connectivity index (χ2n) is 6.37. The molecule has 0 radical (unpaired) electrons. The molecule has 1 aliphatic heterocycles. The molecular formula is C20H22N2O2. The van der Waals surface area contributed by atoms with Crippen molar-refractivity contribution < 1.29 is 9.59 Å². The molecule has 2 aromatic rings. The van der Waals surface area contributed by atoms with E-state index in [0.29, 0.717) is 19.4 Å². The smallest absolute Gasteiger partial charge is 0.247 e. The molecule has 1 aliphatic rings. The van der Waals surface area contributed by atoms with Crippen LogP contribution in [0.25, 0.3) is 0 Å². The van der Waals surface area contributed by atoms with E-state index in [9.17, 15) is 9.59 Å². The van der Waals surface area contributed by atoms with Crippen molar-refractivity contribution in [2.75, 3.05) is 5.32 Å². The van der Waals surface area contributed by atoms with Gasteiger partial charge in [0.05, 0.1) is 0 Å². The highest BCUT2D eigenvalue weighted by Crippen LogP contribution is 2.24. The van der Waals surface area contributed by atoms with Gasteiger partial charge in [0, 0.05) is 18.7 Å². The van der Waals surface area contributed by atoms with Crippen LogP contribution in [0.4, 0.5) is 5.69 Å². The third-order valence-corrected chi connectivity index (χ3v) is 4.47. The molecule has 0 aromatic heterocycles. The first-order valence-electron chi connectivity index (χ1n) is 8.26. The quantitative estimate of drug-likeness (QED) is 0.937. The predicted octanol–water partition coefficient (Wildman–Crippen LogP) is 3.43. The van der Waals surface area contributed by atoms with Gasteiger partial charge >= 0.3 is 0 Å². The van der Waals surface area contributed by atoms with Gasteiger partial charge < -0.3 is 10.2 Å². The van der Waals surface area contributed by atoms with E-state index in [2.05, 4.69) is 5.32 Å². The number of carbonyl (C=O) groups excluding carboxylic acids is 2. The van der Waals surface area contributed by atoms with Crippen LogP contribution in [0.15, 0.2) is 48.5 Å². The van der Waals surface area contributed by atoms with E-state index in [1.807, 2.05) is 62.4 Å². The van der Waals surface area contributed by atoms with Crippen molar-refractivity contribution in [3.05, 3.63) is 65.2 Å². The molecule has 4 nitrogen and oxygen atoms in total. The number of amides is 2. The van der Waals surface area contributed by atoms with E-state index in [1.54, 1.807) is 4.90 Å². The van der Waals surface area contributed by atoms with E-state index < -0.39 is 6.04 Å². The number of hydrogen-bond donors (Lipinski definition) is 1. The third-order valence-electron chi connectivity index (χ3n) is 4.47. The molecule has 2 amide bonds. The molecule has 1 atom stereocenters. The molecule has 0 spiro atoms. The number of benzene rings is 2. The van der Waals surface area contributed by atoms with E-state index in [-0.39, 0.29) is 11.8 Å². The highest BCUT2D eigenvalue weighted by molar-refractivity contribution is 5.99. The van der Waals surface area contributed by atoms with Crippen molar-refractivity contribution in [2.45, 2.75) is 39.3 Å². The van der Waals surface area contributed by atoms with Crippen molar-refractivity contribution >= 4 is 17.5 Å². The maximum Gasteiger partial charge on any atom is 0.247 e. The summed E-state index contributed by atoms with van der Waals surface area (Å²) in [7, 11) is 0. The molecule has 0 aliphatic carbocycles. The topological polar surface area (TPSA) is 49.4 Å². The van der Waals surface area contributed by atoms with Gasteiger partial charge in [-0.2, -0.15) is 0 Å². The van der Waals surface area contributed by atoms with Gasteiger partial charge in [-0.1, -0.05) is 48.0 Å². The Kier molecular flexibility index (Phi) is 4.65. The molecule has 2 aromatic carbocycles. The molecule has 1 saturated heterocycles. The summed E-state index contributed by atoms with van der Waals surface area (Å²) in [5.41, 5.74) is 4.04. The van der Waals surface area contributed by atoms with Crippen molar-refractivity contribution in [3.63, 3.8) is 0 Å². The maximum absolute atomic E-state index is 12.7. The Balaban J connectivity index is 1.74. The lowest BCUT2D eigenvalue weighted by Crippen LogP contribution is -2.41. The fraction of sp³-hybridized carbons (Fsp3) is 0.300. The normalized spacial score (nSPS) is 17.2. The van der Waals surface area contributed by atoms with Crippen molar-refractivity contribution in [1.29, 1.82) is 0 Å². The van der Waals surface area contributed by atoms with Crippen molar-refractivity contribution in [2.24, 2.45) is 0 Å². The maximum atomic E-state index is 12.7. The van der Waals surface area contributed by atoms with Gasteiger partial charge in [0.1, 0.15) is 6.04 Å². The van der Waals surface area contributed by atoms with Crippen LogP contribution in [-0.4, -0.2) is 22.8 Å². The van der Waals surface area contributed by atoms with Crippen LogP contribution in [0.1, 0.15) is 29.5 Å². The molecule has 1 fully saturated rings. The summed E-state index contributed by atoms with van der Waals surface area (Å²) in [6.45, 7) is 4.48. The molecule has 3 rings (SSSR count). The molecule has 24 heavy (non-hydrogen) atoms. The molecule has 124 valence electrons. The molecule has 0 bridgehead atoms. The first kappa shape index (κ1) is 16.2. The molecule has 1 unspecified atom stereocenters. The summed E-state index contributed by atoms with van der Waals surface area (Å²) in [5, 5.41) is 2.98. The van der Waals surface area contributed by atoms with Gasteiger partial charge in [0.15, 0.2) is 0 Å². The second-order valence-corrected chi connectivity index (χ2v) is 6.37. The summed E-state index contributed by atoms with van der Waals surface area (Å²) in [6.07, 6.45) is 1.00. The lowest BCUT2D eigenvalue weighted by molar-refractivity contribution is -0.133. The summed E-state index contributed by atoms with van der Waals surface area (Å²) in [4.78, 5) is 26.6. The molecule has 0 saturated carbocycles. The third kappa shape index (κ3) is 3.48. The van der Waals surface area contributed by atoms with Crippen molar-refractivity contribution in [3.8, 4) is 0 Å². The molecule has 1 N–H and O–H groups in total. The van der Waals surface area contributed by atoms with Crippen LogP contribution < -0.4 is 5.32 Å². The second kappa shape index (κ2) is 6.87. The Morgan fingerprint density at radius 1 is 1.17 bits per heavy atom. The van der Waals surface area contributed by atoms with Crippen LogP contribution >= 0.6 is 0 Å². The monoisotopic (exact) mass is 322 g/mol. The summed E-state index contributed by atoms with van der Waals surface area (Å²) >= 11 is 0. The van der Waals surface area contributed by atoms with Crippen molar-refractivity contribution in [1.82, 2.24) is 4.90 Å². The van der Waals surface area contributed by atoms with E-state index in [0.717, 1.165) is 22.4 Å². The van der Waals surface area contributed by atoms with Crippen LogP contribution in [0.2, 0.25) is 0 Å². The number of carbonyl (C=O) groups is 2. The first-order chi connectivity index (χ1) is 11.5. The van der Waals surface area contributed by atoms with Crippen LogP contribution in [0, 0.1) is 13.8 Å². The molecule has 4 heteroatoms. The standard InChI is InChI=1S/C20H22N2O2/c1-14-8-9-17(15(2)12-14)21-20(24)18-10-11-19(23)22(18)13-16-6-4-3-5-7-16/h3-9,12,18H,10-11,13H2,1-2H3,(H,21,24). The fourth-order valence-electron chi connectivity index (χ4n) is 3.15. The Hall–Kier alpha value is -2.62. The zero-order valence-corrected chi connectivity index (χ0v) is 14.1. The van der Waals surface area contributed by atoms with Gasteiger partial charge in [-0.15, -0.1) is 0 Å². The predicted molar refractivity (Wildman–Crippen MR) is 94.6 cm³/mol. The van der Waals surface area contributed by atoms with E-state index in [4.69, 9.17) is 0 Å². The Labute approximate surface area is 142 Å². The summed E-state index contributed by atoms with van der Waals surface area (Å²) < 4.78 is 0. The number of aryl methyl sites for hydroxylation is 2. The minimum Gasteiger partial charge on any atom is -0.326 e. The van der Waals surface area contributed by atoms with E-state index >= 15 is 0 Å². The lowest BCUT2D eigenvalue weighted by atomic mass is 10.1. The Bertz CT molecular complexity index is 755. The number of nitrogens with one attached hydrogen (secondary N) is 1. The highest BCUT2D eigenvalue weighted by Gasteiger charge is 2.36. The molecular weight excluding hydrogens is 300 g/mol. The number of nitrogens with zero attached hydrogens (tertiary/aromatic N) is 1. The summed E-state index contributed by atoms with van der Waals surface area (Å²) in [6, 6.07) is 15.3. The largest absolute Gasteiger partial charge is 0.326 e. The van der Waals surface area contributed by atoms with Gasteiger partial charge in [-0.05, 0) is 37.5 Å². The number of anilines is 1. The fourth-order valence-corrected chi connectivity index (χ4v) is 3.15. The van der Waals surface area contributed by atoms with Gasteiger partial charge in [-0.3, -0.25) is 9.59 Å². The van der Waals surface area contributed by atoms with Crippen LogP contribution in [-0.2, 0) is 16.1 Å². The summed E-state index contributed by atoms with van der Waals surface area (Å²) in [5.74, 6) is -0.0663. The zero-order chi connectivity index (χ0) is 17.1. The van der Waals surface area contributed by atoms with Gasteiger partial charge in [0.25, 0.3) is 0 Å².